The lowest BCUT2D eigenvalue weighted by Crippen LogP contribution is -2.07. The average molecular weight is 270 g/mol. The first-order chi connectivity index (χ1) is 9.00. The summed E-state index contributed by atoms with van der Waals surface area (Å²) in [5, 5.41) is 6.58. The Kier molecular flexibility index (Phi) is 3.73. The molecule has 19 heavy (non-hydrogen) atoms. The zero-order valence-corrected chi connectivity index (χ0v) is 10.3. The van der Waals surface area contributed by atoms with E-state index in [0.717, 1.165) is 19.0 Å². The highest BCUT2D eigenvalue weighted by molar-refractivity contribution is 5.44. The van der Waals surface area contributed by atoms with Gasteiger partial charge in [-0.1, -0.05) is 6.92 Å². The van der Waals surface area contributed by atoms with Gasteiger partial charge in [0.25, 0.3) is 0 Å². The van der Waals surface area contributed by atoms with Crippen molar-refractivity contribution in [2.24, 2.45) is 0 Å². The molecule has 2 rings (SSSR count). The first-order valence-corrected chi connectivity index (χ1v) is 5.84. The Morgan fingerprint density at radius 3 is 2.74 bits per heavy atom. The van der Waals surface area contributed by atoms with Crippen molar-refractivity contribution >= 4 is 5.82 Å². The van der Waals surface area contributed by atoms with Gasteiger partial charge < -0.3 is 5.32 Å². The summed E-state index contributed by atoms with van der Waals surface area (Å²) in [7, 11) is 0. The van der Waals surface area contributed by atoms with Gasteiger partial charge in [-0.25, -0.2) is 9.67 Å². The quantitative estimate of drug-likeness (QED) is 0.928. The summed E-state index contributed by atoms with van der Waals surface area (Å²) < 4.78 is 38.6. The van der Waals surface area contributed by atoms with Crippen LogP contribution in [0.15, 0.2) is 30.6 Å². The third kappa shape index (κ3) is 3.24. The van der Waals surface area contributed by atoms with E-state index < -0.39 is 11.9 Å². The number of alkyl halides is 3. The molecule has 0 bridgehead atoms. The minimum Gasteiger partial charge on any atom is -0.370 e. The molecule has 0 saturated heterocycles. The van der Waals surface area contributed by atoms with Gasteiger partial charge in [0, 0.05) is 25.0 Å². The van der Waals surface area contributed by atoms with Gasteiger partial charge in [-0.15, -0.1) is 0 Å². The van der Waals surface area contributed by atoms with Crippen molar-refractivity contribution in [3.63, 3.8) is 0 Å². The molecule has 7 heteroatoms. The zero-order valence-electron chi connectivity index (χ0n) is 10.3. The molecule has 102 valence electrons. The second kappa shape index (κ2) is 5.29. The van der Waals surface area contributed by atoms with Gasteiger partial charge in [0.2, 0.25) is 0 Å². The van der Waals surface area contributed by atoms with E-state index in [1.165, 1.54) is 17.1 Å². The molecule has 0 aliphatic heterocycles. The monoisotopic (exact) mass is 270 g/mol. The van der Waals surface area contributed by atoms with Crippen LogP contribution in [0.1, 0.15) is 19.0 Å². The van der Waals surface area contributed by atoms with Crippen molar-refractivity contribution in [3.8, 4) is 5.69 Å². The first-order valence-electron chi connectivity index (χ1n) is 5.84. The van der Waals surface area contributed by atoms with E-state index in [1.54, 1.807) is 12.1 Å². The van der Waals surface area contributed by atoms with Crippen molar-refractivity contribution in [2.45, 2.75) is 19.5 Å². The van der Waals surface area contributed by atoms with E-state index >= 15 is 0 Å². The summed E-state index contributed by atoms with van der Waals surface area (Å²) in [6.45, 7) is 2.77. The highest BCUT2D eigenvalue weighted by Gasteiger charge is 2.33. The van der Waals surface area contributed by atoms with Crippen LogP contribution in [0.3, 0.4) is 0 Å². The summed E-state index contributed by atoms with van der Waals surface area (Å²) in [5.74, 6) is 0.614. The Balaban J connectivity index is 2.24. The molecule has 0 saturated carbocycles. The van der Waals surface area contributed by atoms with E-state index in [1.807, 2.05) is 6.92 Å². The van der Waals surface area contributed by atoms with Gasteiger partial charge >= 0.3 is 6.18 Å². The summed E-state index contributed by atoms with van der Waals surface area (Å²) in [5.41, 5.74) is -0.378. The van der Waals surface area contributed by atoms with Gasteiger partial charge in [-0.05, 0) is 18.6 Å². The van der Waals surface area contributed by atoms with E-state index in [4.69, 9.17) is 0 Å². The molecule has 2 aromatic heterocycles. The number of rotatable bonds is 4. The van der Waals surface area contributed by atoms with Crippen LogP contribution < -0.4 is 5.32 Å². The van der Waals surface area contributed by atoms with Gasteiger partial charge in [0.15, 0.2) is 5.69 Å². The SMILES string of the molecule is CCCNc1cc(-n2ccc(C(F)(F)F)n2)ccn1. The summed E-state index contributed by atoms with van der Waals surface area (Å²) in [6, 6.07) is 4.20. The number of pyridine rings is 1. The number of nitrogens with zero attached hydrogens (tertiary/aromatic N) is 3. The predicted molar refractivity (Wildman–Crippen MR) is 65.1 cm³/mol. The number of anilines is 1. The van der Waals surface area contributed by atoms with Crippen LogP contribution in [0.25, 0.3) is 5.69 Å². The van der Waals surface area contributed by atoms with Crippen LogP contribution in [0.2, 0.25) is 0 Å². The molecular weight excluding hydrogens is 257 g/mol. The molecule has 0 amide bonds. The fourth-order valence-electron chi connectivity index (χ4n) is 1.53. The number of nitrogens with one attached hydrogen (secondary N) is 1. The molecule has 4 nitrogen and oxygen atoms in total. The Hall–Kier alpha value is -2.05. The third-order valence-electron chi connectivity index (χ3n) is 2.44. The zero-order chi connectivity index (χ0) is 13.9. The maximum absolute atomic E-state index is 12.5. The maximum Gasteiger partial charge on any atom is 0.435 e. The summed E-state index contributed by atoms with van der Waals surface area (Å²) in [4.78, 5) is 4.08. The van der Waals surface area contributed by atoms with Crippen LogP contribution >= 0.6 is 0 Å². The molecule has 1 N–H and O–H groups in total. The van der Waals surface area contributed by atoms with Gasteiger partial charge in [0.1, 0.15) is 5.82 Å². The van der Waals surface area contributed by atoms with Crippen LogP contribution in [0, 0.1) is 0 Å². The second-order valence-corrected chi connectivity index (χ2v) is 3.97. The maximum atomic E-state index is 12.5. The molecule has 0 radical (unpaired) electrons. The lowest BCUT2D eigenvalue weighted by molar-refractivity contribution is -0.141. The minimum atomic E-state index is -4.43. The molecule has 0 atom stereocenters. The van der Waals surface area contributed by atoms with Crippen LogP contribution in [0.4, 0.5) is 19.0 Å². The molecule has 0 aromatic carbocycles. The number of aromatic nitrogens is 3. The van der Waals surface area contributed by atoms with Gasteiger partial charge in [-0.2, -0.15) is 18.3 Å². The standard InChI is InChI=1S/C12H13F3N4/c1-2-5-16-11-8-9(3-6-17-11)19-7-4-10(18-19)12(13,14)15/h3-4,6-8H,2,5H2,1H3,(H,16,17). The number of halogens is 3. The third-order valence-corrected chi connectivity index (χ3v) is 2.44. The molecule has 0 spiro atoms. The Morgan fingerprint density at radius 2 is 2.11 bits per heavy atom. The van der Waals surface area contributed by atoms with Crippen molar-refractivity contribution < 1.29 is 13.2 Å². The van der Waals surface area contributed by atoms with Crippen molar-refractivity contribution in [2.75, 3.05) is 11.9 Å². The van der Waals surface area contributed by atoms with Crippen molar-refractivity contribution in [3.05, 3.63) is 36.3 Å². The van der Waals surface area contributed by atoms with Crippen molar-refractivity contribution in [1.82, 2.24) is 14.8 Å². The van der Waals surface area contributed by atoms with E-state index in [9.17, 15) is 13.2 Å². The first kappa shape index (κ1) is 13.4. The topological polar surface area (TPSA) is 42.7 Å². The predicted octanol–water partition coefficient (Wildman–Crippen LogP) is 3.11. The van der Waals surface area contributed by atoms with E-state index in [2.05, 4.69) is 15.4 Å². The van der Waals surface area contributed by atoms with Gasteiger partial charge in [0.05, 0.1) is 5.69 Å². The number of hydrogen-bond acceptors (Lipinski definition) is 3. The van der Waals surface area contributed by atoms with Crippen LogP contribution in [-0.2, 0) is 6.18 Å². The lowest BCUT2D eigenvalue weighted by Gasteiger charge is -2.06. The smallest absolute Gasteiger partial charge is 0.370 e. The second-order valence-electron chi connectivity index (χ2n) is 3.97. The average Bonchev–Trinajstić information content (AvgIpc) is 2.86. The molecular formula is C12H13F3N4. The molecule has 2 aromatic rings. The number of hydrogen-bond donors (Lipinski definition) is 1. The van der Waals surface area contributed by atoms with Crippen LogP contribution in [0.5, 0.6) is 0 Å². The highest BCUT2D eigenvalue weighted by Crippen LogP contribution is 2.27. The van der Waals surface area contributed by atoms with E-state index in [0.29, 0.717) is 11.5 Å². The normalized spacial score (nSPS) is 11.6. The lowest BCUT2D eigenvalue weighted by atomic mass is 10.4. The summed E-state index contributed by atoms with van der Waals surface area (Å²) >= 11 is 0. The highest BCUT2D eigenvalue weighted by atomic mass is 19.4. The molecule has 0 fully saturated rings. The van der Waals surface area contributed by atoms with Gasteiger partial charge in [-0.3, -0.25) is 0 Å². The fourth-order valence-corrected chi connectivity index (χ4v) is 1.53. The Bertz CT molecular complexity index is 548. The van der Waals surface area contributed by atoms with E-state index in [-0.39, 0.29) is 0 Å². The molecule has 2 heterocycles. The summed E-state index contributed by atoms with van der Waals surface area (Å²) in [6.07, 6.45) is -0.683. The van der Waals surface area contributed by atoms with Crippen molar-refractivity contribution in [1.29, 1.82) is 0 Å². The fraction of sp³-hybridized carbons (Fsp3) is 0.333. The Labute approximate surface area is 108 Å². The Morgan fingerprint density at radius 1 is 1.32 bits per heavy atom. The largest absolute Gasteiger partial charge is 0.435 e. The van der Waals surface area contributed by atoms with Crippen LogP contribution in [-0.4, -0.2) is 21.3 Å². The molecule has 0 aliphatic rings. The molecule has 0 unspecified atom stereocenters. The molecule has 0 aliphatic carbocycles. The minimum absolute atomic E-state index is 0.532.